The van der Waals surface area contributed by atoms with Crippen LogP contribution in [0.5, 0.6) is 5.75 Å². The number of benzene rings is 3. The number of fused-ring (bicyclic) bond motifs is 2. The van der Waals surface area contributed by atoms with Crippen molar-refractivity contribution >= 4 is 21.9 Å². The quantitative estimate of drug-likeness (QED) is 0.361. The molecule has 160 valence electrons. The number of para-hydroxylation sites is 2. The molecule has 5 nitrogen and oxygen atoms in total. The van der Waals surface area contributed by atoms with Gasteiger partial charge in [-0.25, -0.2) is 14.4 Å². The highest BCUT2D eigenvalue weighted by Crippen LogP contribution is 2.29. The smallest absolute Gasteiger partial charge is 0.125 e. The van der Waals surface area contributed by atoms with Crippen LogP contribution in [0.15, 0.2) is 72.8 Å². The zero-order valence-corrected chi connectivity index (χ0v) is 17.9. The molecule has 6 heteroatoms. The number of ether oxygens (including phenoxy) is 1. The number of hydrogen-bond acceptors (Lipinski definition) is 4. The minimum absolute atomic E-state index is 0.00414. The van der Waals surface area contributed by atoms with Crippen LogP contribution in [0.1, 0.15) is 24.4 Å². The van der Waals surface area contributed by atoms with Gasteiger partial charge in [-0.1, -0.05) is 24.3 Å². The van der Waals surface area contributed by atoms with E-state index < -0.39 is 0 Å². The SMILES string of the molecule is COc1cccc(-c2nc3cc(F)ccc3cc2CNC(C)c2nc3ccccc3[nH]2)c1. The van der Waals surface area contributed by atoms with Gasteiger partial charge in [-0.2, -0.15) is 0 Å². The minimum Gasteiger partial charge on any atom is -0.497 e. The summed E-state index contributed by atoms with van der Waals surface area (Å²) in [4.78, 5) is 12.9. The molecule has 0 radical (unpaired) electrons. The van der Waals surface area contributed by atoms with Gasteiger partial charge in [0.2, 0.25) is 0 Å². The van der Waals surface area contributed by atoms with Crippen molar-refractivity contribution in [1.82, 2.24) is 20.3 Å². The first kappa shape index (κ1) is 20.2. The lowest BCUT2D eigenvalue weighted by Crippen LogP contribution is -2.20. The van der Waals surface area contributed by atoms with Gasteiger partial charge in [-0.15, -0.1) is 0 Å². The normalized spacial score (nSPS) is 12.3. The lowest BCUT2D eigenvalue weighted by Gasteiger charge is -2.15. The van der Waals surface area contributed by atoms with Crippen molar-refractivity contribution in [3.8, 4) is 17.0 Å². The summed E-state index contributed by atoms with van der Waals surface area (Å²) in [5.41, 5.74) is 5.32. The molecule has 0 saturated carbocycles. The van der Waals surface area contributed by atoms with Crippen LogP contribution in [-0.2, 0) is 6.54 Å². The van der Waals surface area contributed by atoms with E-state index >= 15 is 0 Å². The Morgan fingerprint density at radius 1 is 0.969 bits per heavy atom. The van der Waals surface area contributed by atoms with Crippen molar-refractivity contribution in [2.75, 3.05) is 7.11 Å². The van der Waals surface area contributed by atoms with Gasteiger partial charge in [-0.3, -0.25) is 0 Å². The Morgan fingerprint density at radius 3 is 2.69 bits per heavy atom. The first-order valence-electron chi connectivity index (χ1n) is 10.5. The van der Waals surface area contributed by atoms with Gasteiger partial charge in [0.15, 0.2) is 0 Å². The Kier molecular flexibility index (Phi) is 5.29. The third-order valence-corrected chi connectivity index (χ3v) is 5.62. The van der Waals surface area contributed by atoms with E-state index in [0.29, 0.717) is 12.1 Å². The molecule has 0 saturated heterocycles. The van der Waals surface area contributed by atoms with E-state index in [1.54, 1.807) is 13.2 Å². The van der Waals surface area contributed by atoms with Crippen molar-refractivity contribution in [2.24, 2.45) is 0 Å². The highest BCUT2D eigenvalue weighted by molar-refractivity contribution is 5.83. The van der Waals surface area contributed by atoms with Crippen LogP contribution < -0.4 is 10.1 Å². The molecule has 0 amide bonds. The van der Waals surface area contributed by atoms with Gasteiger partial charge in [0, 0.05) is 23.6 Å². The van der Waals surface area contributed by atoms with E-state index in [0.717, 1.165) is 44.8 Å². The van der Waals surface area contributed by atoms with Crippen LogP contribution in [0, 0.1) is 5.82 Å². The Balaban J connectivity index is 1.50. The average molecular weight is 426 g/mol. The molecule has 0 bridgehead atoms. The Morgan fingerprint density at radius 2 is 1.84 bits per heavy atom. The second-order valence-corrected chi connectivity index (χ2v) is 7.81. The summed E-state index contributed by atoms with van der Waals surface area (Å²) in [6.45, 7) is 2.65. The highest BCUT2D eigenvalue weighted by Gasteiger charge is 2.14. The molecule has 0 spiro atoms. The second-order valence-electron chi connectivity index (χ2n) is 7.81. The largest absolute Gasteiger partial charge is 0.497 e. The van der Waals surface area contributed by atoms with Crippen molar-refractivity contribution in [3.05, 3.63) is 90.0 Å². The number of imidazole rings is 1. The molecule has 0 aliphatic carbocycles. The topological polar surface area (TPSA) is 62.8 Å². The third-order valence-electron chi connectivity index (χ3n) is 5.62. The van der Waals surface area contributed by atoms with Gasteiger partial charge in [0.25, 0.3) is 0 Å². The maximum atomic E-state index is 13.8. The van der Waals surface area contributed by atoms with Crippen LogP contribution in [0.3, 0.4) is 0 Å². The lowest BCUT2D eigenvalue weighted by molar-refractivity contribution is 0.415. The fourth-order valence-corrected chi connectivity index (χ4v) is 3.88. The molecule has 0 fully saturated rings. The van der Waals surface area contributed by atoms with E-state index in [-0.39, 0.29) is 11.9 Å². The number of halogens is 1. The van der Waals surface area contributed by atoms with Crippen molar-refractivity contribution in [1.29, 1.82) is 0 Å². The number of aromatic nitrogens is 3. The lowest BCUT2D eigenvalue weighted by atomic mass is 10.0. The van der Waals surface area contributed by atoms with E-state index in [9.17, 15) is 4.39 Å². The molecular weight excluding hydrogens is 403 g/mol. The van der Waals surface area contributed by atoms with Crippen LogP contribution in [-0.4, -0.2) is 22.1 Å². The first-order valence-corrected chi connectivity index (χ1v) is 10.5. The van der Waals surface area contributed by atoms with Crippen LogP contribution >= 0.6 is 0 Å². The molecule has 32 heavy (non-hydrogen) atoms. The van der Waals surface area contributed by atoms with E-state index in [2.05, 4.69) is 23.3 Å². The first-order chi connectivity index (χ1) is 15.6. The fraction of sp³-hybridized carbons (Fsp3) is 0.154. The zero-order valence-electron chi connectivity index (χ0n) is 17.9. The third kappa shape index (κ3) is 3.92. The fourth-order valence-electron chi connectivity index (χ4n) is 3.88. The molecule has 5 rings (SSSR count). The van der Waals surface area contributed by atoms with Crippen molar-refractivity contribution in [3.63, 3.8) is 0 Å². The van der Waals surface area contributed by atoms with Crippen molar-refractivity contribution < 1.29 is 9.13 Å². The maximum absolute atomic E-state index is 13.8. The number of nitrogens with zero attached hydrogens (tertiary/aromatic N) is 2. The average Bonchev–Trinajstić information content (AvgIpc) is 3.26. The highest BCUT2D eigenvalue weighted by atomic mass is 19.1. The van der Waals surface area contributed by atoms with Gasteiger partial charge in [0.05, 0.1) is 35.4 Å². The van der Waals surface area contributed by atoms with Crippen molar-refractivity contribution in [2.45, 2.75) is 19.5 Å². The van der Waals surface area contributed by atoms with E-state index in [1.807, 2.05) is 48.5 Å². The number of nitrogens with one attached hydrogen (secondary N) is 2. The molecule has 2 aromatic heterocycles. The van der Waals surface area contributed by atoms with Crippen LogP contribution in [0.4, 0.5) is 4.39 Å². The zero-order chi connectivity index (χ0) is 22.1. The Bertz CT molecular complexity index is 1380. The second kappa shape index (κ2) is 8.40. The number of rotatable bonds is 6. The van der Waals surface area contributed by atoms with E-state index in [1.165, 1.54) is 12.1 Å². The molecule has 0 aliphatic heterocycles. The van der Waals surface area contributed by atoms with Gasteiger partial charge in [0.1, 0.15) is 17.4 Å². The van der Waals surface area contributed by atoms with Gasteiger partial charge < -0.3 is 15.0 Å². The van der Waals surface area contributed by atoms with Gasteiger partial charge in [-0.05, 0) is 55.0 Å². The summed E-state index contributed by atoms with van der Waals surface area (Å²) < 4.78 is 19.2. The number of H-pyrrole nitrogens is 1. The van der Waals surface area contributed by atoms with Crippen LogP contribution in [0.25, 0.3) is 33.2 Å². The number of aromatic amines is 1. The molecule has 1 atom stereocenters. The summed E-state index contributed by atoms with van der Waals surface area (Å²) in [6, 6.07) is 22.5. The molecular formula is C26H23FN4O. The Hall–Kier alpha value is -3.77. The molecule has 0 aliphatic rings. The predicted molar refractivity (Wildman–Crippen MR) is 125 cm³/mol. The summed E-state index contributed by atoms with van der Waals surface area (Å²) >= 11 is 0. The molecule has 1 unspecified atom stereocenters. The molecule has 2 N–H and O–H groups in total. The summed E-state index contributed by atoms with van der Waals surface area (Å²) in [5.74, 6) is 1.33. The Labute approximate surface area is 185 Å². The monoisotopic (exact) mass is 426 g/mol. The summed E-state index contributed by atoms with van der Waals surface area (Å²) in [7, 11) is 1.64. The predicted octanol–water partition coefficient (Wildman–Crippen LogP) is 5.78. The number of hydrogen-bond donors (Lipinski definition) is 2. The van der Waals surface area contributed by atoms with E-state index in [4.69, 9.17) is 14.7 Å². The van der Waals surface area contributed by atoms with Crippen LogP contribution in [0.2, 0.25) is 0 Å². The summed E-state index contributed by atoms with van der Waals surface area (Å²) in [6.07, 6.45) is 0. The molecule has 3 aromatic carbocycles. The number of pyridine rings is 1. The number of methoxy groups -OCH3 is 1. The maximum Gasteiger partial charge on any atom is 0.125 e. The summed E-state index contributed by atoms with van der Waals surface area (Å²) in [5, 5.41) is 4.45. The standard InChI is InChI=1S/C26H23FN4O/c1-16(26-30-22-8-3-4-9-23(22)31-26)28-15-19-12-17-10-11-20(27)14-24(17)29-25(19)18-6-5-7-21(13-18)32-2/h3-14,16,28H,15H2,1-2H3,(H,30,31). The van der Waals surface area contributed by atoms with Gasteiger partial charge >= 0.3 is 0 Å². The molecule has 5 aromatic rings. The molecule has 2 heterocycles. The minimum atomic E-state index is -0.300.